The third kappa shape index (κ3) is 33.0. The number of hydrogen-bond donors (Lipinski definition) is 2. The van der Waals surface area contributed by atoms with Crippen molar-refractivity contribution >= 4 is 32.2 Å². The number of unbranched alkanes of at least 4 members (excludes halogenated alkanes) is 22. The Kier molecular flexibility index (Phi) is 34.5. The van der Waals surface area contributed by atoms with Gasteiger partial charge in [-0.05, 0) is 12.8 Å². The Hall–Kier alpha value is -0.721. The van der Waals surface area contributed by atoms with Crippen LogP contribution in [0.2, 0.25) is 0 Å². The molecule has 0 amide bonds. The quantitative estimate of drug-likeness (QED) is 0.0492. The van der Waals surface area contributed by atoms with Crippen molar-refractivity contribution < 1.29 is 62.8 Å². The van der Waals surface area contributed by atoms with Crippen molar-refractivity contribution in [1.29, 1.82) is 0 Å². The summed E-state index contributed by atoms with van der Waals surface area (Å²) in [5.41, 5.74) is 0. The molecule has 0 aromatic heterocycles. The van der Waals surface area contributed by atoms with Gasteiger partial charge in [0.05, 0.1) is 11.9 Å². The largest absolute Gasteiger partial charge is 2.00 e. The molecule has 0 fully saturated rings. The number of aliphatic carboxylic acids is 2. The van der Waals surface area contributed by atoms with Gasteiger partial charge >= 0.3 is 17.1 Å². The van der Waals surface area contributed by atoms with Crippen molar-refractivity contribution in [2.75, 3.05) is 0 Å². The summed E-state index contributed by atoms with van der Waals surface area (Å²) in [5.74, 6) is -3.43. The van der Waals surface area contributed by atoms with Crippen molar-refractivity contribution in [3.8, 4) is 0 Å². The number of hydrogen-bond acceptors (Lipinski definition) is 8. The third-order valence-electron chi connectivity index (χ3n) is 7.88. The monoisotopic (exact) mass is 726 g/mol. The fourth-order valence-electron chi connectivity index (χ4n) is 5.12. The first-order valence-corrected chi connectivity index (χ1v) is 20.1. The zero-order valence-electron chi connectivity index (χ0n) is 27.9. The second-order valence-corrected chi connectivity index (χ2v) is 15.2. The van der Waals surface area contributed by atoms with E-state index in [1.807, 2.05) is 0 Å². The van der Waals surface area contributed by atoms with Gasteiger partial charge in [0.15, 0.2) is 0 Å². The Bertz CT molecular complexity index is 837. The first-order valence-electron chi connectivity index (χ1n) is 17.1. The summed E-state index contributed by atoms with van der Waals surface area (Å²) >= 11 is 0. The fourth-order valence-corrected chi connectivity index (χ4v) is 6.53. The van der Waals surface area contributed by atoms with Crippen molar-refractivity contribution in [2.24, 2.45) is 0 Å². The maximum absolute atomic E-state index is 10.8. The summed E-state index contributed by atoms with van der Waals surface area (Å²) in [6.07, 6.45) is 27.1. The van der Waals surface area contributed by atoms with Crippen LogP contribution in [0.1, 0.15) is 181 Å². The first kappa shape index (κ1) is 48.7. The van der Waals surface area contributed by atoms with E-state index in [1.165, 1.54) is 103 Å². The van der Waals surface area contributed by atoms with E-state index in [-0.39, 0.29) is 29.9 Å². The van der Waals surface area contributed by atoms with Crippen LogP contribution in [0.15, 0.2) is 0 Å². The number of carbonyl (C=O) groups excluding carboxylic acids is 2. The maximum Gasteiger partial charge on any atom is 2.00 e. The summed E-state index contributed by atoms with van der Waals surface area (Å²) in [4.78, 5) is 21.3. The zero-order chi connectivity index (χ0) is 33.7. The Morgan fingerprint density at radius 3 is 0.778 bits per heavy atom. The van der Waals surface area contributed by atoms with Gasteiger partial charge in [-0.2, -0.15) is 16.8 Å². The van der Waals surface area contributed by atoms with Crippen LogP contribution < -0.4 is 10.2 Å². The standard InChI is InChI=1S/2C16H32O5S.Fe/c2*1-2-3-4-5-6-7-8-9-10-11-12-13-14-15(16(17)18)22(19,20)21;/h2*15H,2-14H2,1H3,(H,17,18)(H,19,20,21);/q;;+2/p-2. The minimum Gasteiger partial charge on any atom is -0.549 e. The van der Waals surface area contributed by atoms with Gasteiger partial charge < -0.3 is 19.8 Å². The molecule has 10 nitrogen and oxygen atoms in total. The molecule has 0 heterocycles. The normalized spacial score (nSPS) is 12.9. The molecule has 2 N–H and O–H groups in total. The fraction of sp³-hybridized carbons (Fsp3) is 0.938. The molecular formula is C32H62FeO10S2. The molecule has 0 aliphatic carbocycles. The molecule has 45 heavy (non-hydrogen) atoms. The molecule has 0 saturated carbocycles. The topological polar surface area (TPSA) is 189 Å². The molecule has 0 spiro atoms. The van der Waals surface area contributed by atoms with Gasteiger partial charge in [0.25, 0.3) is 20.2 Å². The molecule has 0 aromatic carbocycles. The van der Waals surface area contributed by atoms with E-state index in [0.29, 0.717) is 12.8 Å². The van der Waals surface area contributed by atoms with Crippen LogP contribution in [-0.4, -0.2) is 48.4 Å². The number of carboxylic acid groups (broad SMARTS) is 2. The van der Waals surface area contributed by atoms with Gasteiger partial charge in [0.1, 0.15) is 10.5 Å². The smallest absolute Gasteiger partial charge is 0.549 e. The molecule has 2 unspecified atom stereocenters. The Morgan fingerprint density at radius 2 is 0.622 bits per heavy atom. The van der Waals surface area contributed by atoms with E-state index in [2.05, 4.69) is 13.8 Å². The van der Waals surface area contributed by atoms with Crippen molar-refractivity contribution in [2.45, 2.75) is 191 Å². The van der Waals surface area contributed by atoms with E-state index < -0.39 is 42.7 Å². The number of carbonyl (C=O) groups is 2. The van der Waals surface area contributed by atoms with Gasteiger partial charge in [-0.15, -0.1) is 0 Å². The summed E-state index contributed by atoms with van der Waals surface area (Å²) in [5, 5.41) is 17.7. The van der Waals surface area contributed by atoms with E-state index in [9.17, 15) is 36.6 Å². The Labute approximate surface area is 285 Å². The van der Waals surface area contributed by atoms with Crippen LogP contribution in [0.3, 0.4) is 0 Å². The van der Waals surface area contributed by atoms with E-state index >= 15 is 0 Å². The maximum atomic E-state index is 10.8. The van der Waals surface area contributed by atoms with Crippen LogP contribution in [0.5, 0.6) is 0 Å². The number of carboxylic acids is 2. The van der Waals surface area contributed by atoms with E-state index in [0.717, 1.165) is 38.5 Å². The SMILES string of the molecule is CCCCCCCCCCCCCCC(C(=O)[O-])S(=O)(=O)O.CCCCCCCCCCCCCCC(C(=O)[O-])S(=O)(=O)O.[Fe+2]. The molecule has 270 valence electrons. The van der Waals surface area contributed by atoms with Gasteiger partial charge in [0.2, 0.25) is 0 Å². The minimum absolute atomic E-state index is 0. The second-order valence-electron chi connectivity index (χ2n) is 12.0. The molecule has 0 aliphatic rings. The molecule has 0 bridgehead atoms. The molecule has 0 radical (unpaired) electrons. The molecular weight excluding hydrogens is 664 g/mol. The first-order chi connectivity index (χ1) is 20.8. The summed E-state index contributed by atoms with van der Waals surface area (Å²) in [6.45, 7) is 4.43. The van der Waals surface area contributed by atoms with E-state index in [1.54, 1.807) is 0 Å². The number of rotatable bonds is 30. The van der Waals surface area contributed by atoms with E-state index in [4.69, 9.17) is 9.11 Å². The van der Waals surface area contributed by atoms with Crippen molar-refractivity contribution in [1.82, 2.24) is 0 Å². The molecule has 13 heteroatoms. The Balaban J connectivity index is -0.000000767. The predicted octanol–water partition coefficient (Wildman–Crippen LogP) is 6.17. The molecule has 0 aromatic rings. The third-order valence-corrected chi connectivity index (χ3v) is 10.2. The van der Waals surface area contributed by atoms with Crippen LogP contribution in [-0.2, 0) is 46.9 Å². The summed E-state index contributed by atoms with van der Waals surface area (Å²) in [6, 6.07) is 0. The van der Waals surface area contributed by atoms with Crippen LogP contribution in [0.25, 0.3) is 0 Å². The molecule has 2 atom stereocenters. The summed E-state index contributed by atoms with van der Waals surface area (Å²) in [7, 11) is -9.08. The molecule has 0 aliphatic heterocycles. The minimum atomic E-state index is -4.54. The predicted molar refractivity (Wildman–Crippen MR) is 172 cm³/mol. The molecule has 0 rings (SSSR count). The van der Waals surface area contributed by atoms with Gasteiger partial charge in [-0.1, -0.05) is 168 Å². The van der Waals surface area contributed by atoms with Crippen LogP contribution in [0.4, 0.5) is 0 Å². The van der Waals surface area contributed by atoms with Gasteiger partial charge in [0, 0.05) is 0 Å². The van der Waals surface area contributed by atoms with Gasteiger partial charge in [-0.25, -0.2) is 0 Å². The zero-order valence-corrected chi connectivity index (χ0v) is 30.6. The average molecular weight is 727 g/mol. The van der Waals surface area contributed by atoms with Crippen LogP contribution >= 0.6 is 0 Å². The molecule has 0 saturated heterocycles. The van der Waals surface area contributed by atoms with Crippen LogP contribution in [0, 0.1) is 0 Å². The van der Waals surface area contributed by atoms with Crippen molar-refractivity contribution in [3.63, 3.8) is 0 Å². The second kappa shape index (κ2) is 31.9. The van der Waals surface area contributed by atoms with Crippen molar-refractivity contribution in [3.05, 3.63) is 0 Å². The Morgan fingerprint density at radius 1 is 0.444 bits per heavy atom. The summed E-state index contributed by atoms with van der Waals surface area (Å²) < 4.78 is 60.9. The van der Waals surface area contributed by atoms with Gasteiger partial charge in [-0.3, -0.25) is 9.11 Å². The average Bonchev–Trinajstić information content (AvgIpc) is 2.92.